The third-order valence-corrected chi connectivity index (χ3v) is 4.07. The number of benzene rings is 1. The van der Waals surface area contributed by atoms with Gasteiger partial charge in [0, 0.05) is 29.9 Å². The van der Waals surface area contributed by atoms with Gasteiger partial charge in [0.25, 0.3) is 5.91 Å². The molecule has 0 fully saturated rings. The Hall–Kier alpha value is -3.02. The van der Waals surface area contributed by atoms with Gasteiger partial charge in [0.15, 0.2) is 5.69 Å². The van der Waals surface area contributed by atoms with Crippen LogP contribution in [0.4, 0.5) is 5.69 Å². The molecule has 0 radical (unpaired) electrons. The van der Waals surface area contributed by atoms with Gasteiger partial charge in [-0.1, -0.05) is 38.0 Å². The monoisotopic (exact) mass is 336 g/mol. The lowest BCUT2D eigenvalue weighted by molar-refractivity contribution is 0.0995. The Morgan fingerprint density at radius 2 is 1.92 bits per heavy atom. The Labute approximate surface area is 145 Å². The van der Waals surface area contributed by atoms with Crippen LogP contribution in [0.15, 0.2) is 59.0 Å². The third-order valence-electron chi connectivity index (χ3n) is 4.07. The van der Waals surface area contributed by atoms with Crippen molar-refractivity contribution in [3.8, 4) is 5.88 Å². The molecule has 0 bridgehead atoms. The molecule has 1 amide bonds. The average Bonchev–Trinajstić information content (AvgIpc) is 2.92. The summed E-state index contributed by atoms with van der Waals surface area (Å²) < 4.78 is 1.83. The van der Waals surface area contributed by atoms with Crippen molar-refractivity contribution in [3.63, 3.8) is 0 Å². The minimum Gasteiger partial charge on any atom is -0.493 e. The van der Waals surface area contributed by atoms with Crippen LogP contribution in [-0.2, 0) is 6.54 Å². The molecule has 3 aromatic rings. The standard InChI is InChI=1S/C19H20N4O2/c1-2-3-6-13-23-16-8-5-4-7-15(16)17(19(23)25)21-22-18(24)14-9-11-20-12-10-14/h4-5,7-12,25H,2-3,6,13H2,1H3. The number of rotatable bonds is 6. The van der Waals surface area contributed by atoms with E-state index in [1.165, 1.54) is 12.4 Å². The number of fused-ring (bicyclic) bond motifs is 1. The number of carbonyl (C=O) groups is 1. The quantitative estimate of drug-likeness (QED) is 0.516. The molecule has 0 unspecified atom stereocenters. The number of carbonyl (C=O) groups excluding carboxylic acids is 1. The molecule has 6 nitrogen and oxygen atoms in total. The second-order valence-electron chi connectivity index (χ2n) is 5.79. The Morgan fingerprint density at radius 3 is 2.68 bits per heavy atom. The molecule has 0 spiro atoms. The number of pyridine rings is 1. The molecule has 2 aromatic heterocycles. The predicted molar refractivity (Wildman–Crippen MR) is 96.2 cm³/mol. The van der Waals surface area contributed by atoms with Crippen LogP contribution in [0.25, 0.3) is 10.9 Å². The van der Waals surface area contributed by atoms with E-state index in [1.54, 1.807) is 12.1 Å². The molecule has 0 saturated heterocycles. The highest BCUT2D eigenvalue weighted by Crippen LogP contribution is 2.39. The van der Waals surface area contributed by atoms with Crippen LogP contribution >= 0.6 is 0 Å². The summed E-state index contributed by atoms with van der Waals surface area (Å²) in [5, 5.41) is 19.2. The zero-order chi connectivity index (χ0) is 17.6. The predicted octanol–water partition coefficient (Wildman–Crippen LogP) is 4.86. The molecule has 0 saturated carbocycles. The van der Waals surface area contributed by atoms with E-state index < -0.39 is 5.91 Å². The molecule has 25 heavy (non-hydrogen) atoms. The minimum atomic E-state index is -0.468. The molecule has 0 aliphatic heterocycles. The SMILES string of the molecule is CCCCCn1c(O)c(N=NC(=O)c2ccncc2)c2ccccc21. The lowest BCUT2D eigenvalue weighted by atomic mass is 10.2. The van der Waals surface area contributed by atoms with Crippen molar-refractivity contribution in [3.05, 3.63) is 54.4 Å². The Kier molecular flexibility index (Phi) is 5.18. The van der Waals surface area contributed by atoms with E-state index in [2.05, 4.69) is 22.1 Å². The van der Waals surface area contributed by atoms with Crippen molar-refractivity contribution in [2.45, 2.75) is 32.7 Å². The molecular weight excluding hydrogens is 316 g/mol. The summed E-state index contributed by atoms with van der Waals surface area (Å²) in [6, 6.07) is 10.8. The number of para-hydroxylation sites is 1. The van der Waals surface area contributed by atoms with Gasteiger partial charge in [-0.3, -0.25) is 9.78 Å². The molecule has 128 valence electrons. The fourth-order valence-corrected chi connectivity index (χ4v) is 2.76. The number of nitrogens with zero attached hydrogens (tertiary/aromatic N) is 4. The maximum absolute atomic E-state index is 12.1. The van der Waals surface area contributed by atoms with Gasteiger partial charge in [0.1, 0.15) is 0 Å². The van der Waals surface area contributed by atoms with Gasteiger partial charge in [-0.15, -0.1) is 10.2 Å². The van der Waals surface area contributed by atoms with Gasteiger partial charge >= 0.3 is 0 Å². The highest BCUT2D eigenvalue weighted by molar-refractivity contribution is 5.97. The van der Waals surface area contributed by atoms with Crippen molar-refractivity contribution < 1.29 is 9.90 Å². The third kappa shape index (κ3) is 3.57. The molecule has 0 aliphatic carbocycles. The number of unbranched alkanes of at least 4 members (excludes halogenated alkanes) is 2. The van der Waals surface area contributed by atoms with E-state index >= 15 is 0 Å². The zero-order valence-corrected chi connectivity index (χ0v) is 14.1. The molecule has 6 heteroatoms. The molecule has 0 atom stereocenters. The zero-order valence-electron chi connectivity index (χ0n) is 14.1. The topological polar surface area (TPSA) is 79.8 Å². The minimum absolute atomic E-state index is 0.0450. The van der Waals surface area contributed by atoms with Crippen molar-refractivity contribution in [1.29, 1.82) is 0 Å². The van der Waals surface area contributed by atoms with Crippen LogP contribution in [0, 0.1) is 0 Å². The summed E-state index contributed by atoms with van der Waals surface area (Å²) in [5.41, 5.74) is 1.63. The highest BCUT2D eigenvalue weighted by Gasteiger charge is 2.16. The van der Waals surface area contributed by atoms with E-state index in [-0.39, 0.29) is 5.88 Å². The van der Waals surface area contributed by atoms with Crippen LogP contribution in [0.2, 0.25) is 0 Å². The van der Waals surface area contributed by atoms with Gasteiger partial charge in [-0.25, -0.2) is 0 Å². The van der Waals surface area contributed by atoms with Crippen LogP contribution in [0.5, 0.6) is 5.88 Å². The number of aryl methyl sites for hydroxylation is 1. The Bertz CT molecular complexity index is 900. The first-order valence-electron chi connectivity index (χ1n) is 8.38. The first kappa shape index (κ1) is 16.8. The van der Waals surface area contributed by atoms with Gasteiger partial charge in [0.05, 0.1) is 5.52 Å². The van der Waals surface area contributed by atoms with Gasteiger partial charge in [-0.2, -0.15) is 0 Å². The average molecular weight is 336 g/mol. The molecule has 2 heterocycles. The van der Waals surface area contributed by atoms with Gasteiger partial charge < -0.3 is 9.67 Å². The molecule has 3 rings (SSSR count). The van der Waals surface area contributed by atoms with Crippen molar-refractivity contribution >= 4 is 22.5 Å². The van der Waals surface area contributed by atoms with Crippen molar-refractivity contribution in [2.24, 2.45) is 10.2 Å². The normalized spacial score (nSPS) is 11.4. The van der Waals surface area contributed by atoms with Gasteiger partial charge in [-0.05, 0) is 24.6 Å². The Morgan fingerprint density at radius 1 is 1.16 bits per heavy atom. The number of hydrogen-bond acceptors (Lipinski definition) is 4. The van der Waals surface area contributed by atoms with Crippen LogP contribution in [0.1, 0.15) is 36.5 Å². The second kappa shape index (κ2) is 7.70. The maximum Gasteiger partial charge on any atom is 0.295 e. The highest BCUT2D eigenvalue weighted by atomic mass is 16.3. The number of hydrogen-bond donors (Lipinski definition) is 1. The fourth-order valence-electron chi connectivity index (χ4n) is 2.76. The van der Waals surface area contributed by atoms with E-state index in [0.29, 0.717) is 17.8 Å². The second-order valence-corrected chi connectivity index (χ2v) is 5.79. The number of azo groups is 1. The van der Waals surface area contributed by atoms with Crippen LogP contribution in [0.3, 0.4) is 0 Å². The summed E-state index contributed by atoms with van der Waals surface area (Å²) in [4.78, 5) is 16.0. The largest absolute Gasteiger partial charge is 0.493 e. The van der Waals surface area contributed by atoms with Gasteiger partial charge in [0.2, 0.25) is 5.88 Å². The summed E-state index contributed by atoms with van der Waals surface area (Å²) in [5.74, 6) is -0.423. The smallest absolute Gasteiger partial charge is 0.295 e. The summed E-state index contributed by atoms with van der Waals surface area (Å²) >= 11 is 0. The summed E-state index contributed by atoms with van der Waals surface area (Å²) in [6.45, 7) is 2.84. The fraction of sp³-hybridized carbons (Fsp3) is 0.263. The number of amides is 1. The van der Waals surface area contributed by atoms with E-state index in [1.807, 2.05) is 28.8 Å². The Balaban J connectivity index is 1.94. The number of aromatic hydroxyl groups is 1. The molecular formula is C19H20N4O2. The molecule has 1 aromatic carbocycles. The molecule has 1 N–H and O–H groups in total. The first-order valence-corrected chi connectivity index (χ1v) is 8.38. The van der Waals surface area contributed by atoms with E-state index in [9.17, 15) is 9.90 Å². The van der Waals surface area contributed by atoms with Crippen LogP contribution in [-0.4, -0.2) is 20.6 Å². The van der Waals surface area contributed by atoms with E-state index in [0.717, 1.165) is 30.2 Å². The summed E-state index contributed by atoms with van der Waals surface area (Å²) in [7, 11) is 0. The lowest BCUT2D eigenvalue weighted by Gasteiger charge is -2.05. The van der Waals surface area contributed by atoms with Crippen LogP contribution < -0.4 is 0 Å². The molecule has 0 aliphatic rings. The van der Waals surface area contributed by atoms with E-state index in [4.69, 9.17) is 0 Å². The summed E-state index contributed by atoms with van der Waals surface area (Å²) in [6.07, 6.45) is 6.21. The number of aromatic nitrogens is 2. The maximum atomic E-state index is 12.1. The first-order chi connectivity index (χ1) is 12.2. The van der Waals surface area contributed by atoms with Crippen molar-refractivity contribution in [2.75, 3.05) is 0 Å². The lowest BCUT2D eigenvalue weighted by Crippen LogP contribution is -1.96. The van der Waals surface area contributed by atoms with Crippen molar-refractivity contribution in [1.82, 2.24) is 9.55 Å².